The molecule has 424 valence electrons. The standard InChI is InChI=1S/C58H71N11O9S2/c1-33(2)51-58(78)68-49(57(77)65-46(52(61)72)26-36-29-62-43-16-8-6-14-40(36)43)32-80-79-31-38(28-50(71)42(60)24-34-12-4-3-5-13-34)53(73)66-47(25-35-19-21-39(70)22-20-35)55(75)67-48(27-37-30-63-44-17-9-7-15-41(37)44)56(76)64-45(54(74)69-51)18-10-11-23-59/h3-9,12-17,19-22,29-30,33,38,42,45-49,51,62-63,70H,10-11,18,23-28,31-32,59-60H2,1-2H3,(H2,61,72)(H,64,76)(H,65,77)(H,66,73)(H,67,75)(H,68,78)(H,69,74)/t38-,42+,45-,46-,47-,48+,49-,51?/m0/s1. The highest BCUT2D eigenvalue weighted by atomic mass is 33.1. The normalized spacial score (nSPS) is 20.9. The largest absolute Gasteiger partial charge is 0.508 e. The first-order valence-electron chi connectivity index (χ1n) is 26.7. The van der Waals surface area contributed by atoms with E-state index in [0.29, 0.717) is 36.1 Å². The quantitative estimate of drug-likeness (QED) is 0.0410. The van der Waals surface area contributed by atoms with E-state index in [9.17, 15) is 43.5 Å². The molecule has 1 aliphatic rings. The van der Waals surface area contributed by atoms with Crippen LogP contribution in [0.25, 0.3) is 21.8 Å². The third-order valence-electron chi connectivity index (χ3n) is 14.1. The number of fused-ring (bicyclic) bond motifs is 2. The summed E-state index contributed by atoms with van der Waals surface area (Å²) in [6, 6.07) is 21.3. The van der Waals surface area contributed by atoms with Crippen molar-refractivity contribution >= 4 is 90.5 Å². The van der Waals surface area contributed by atoms with Crippen LogP contribution in [0.4, 0.5) is 0 Å². The highest BCUT2D eigenvalue weighted by molar-refractivity contribution is 8.76. The van der Waals surface area contributed by atoms with Crippen molar-refractivity contribution < 1.29 is 43.5 Å². The van der Waals surface area contributed by atoms with Gasteiger partial charge >= 0.3 is 0 Å². The Morgan fingerprint density at radius 1 is 0.637 bits per heavy atom. The number of Topliss-reactive ketones (excluding diaryl/α,β-unsaturated/α-hetero) is 1. The number of carbonyl (C=O) groups is 8. The number of nitrogens with two attached hydrogens (primary N) is 3. The van der Waals surface area contributed by atoms with E-state index in [4.69, 9.17) is 17.2 Å². The highest BCUT2D eigenvalue weighted by Gasteiger charge is 2.36. The number of ketones is 1. The fourth-order valence-electron chi connectivity index (χ4n) is 9.50. The molecule has 0 radical (unpaired) electrons. The Labute approximate surface area is 471 Å². The van der Waals surface area contributed by atoms with Gasteiger partial charge in [-0.1, -0.05) is 114 Å². The molecule has 22 heteroatoms. The number of phenolic OH excluding ortho intramolecular Hbond substituents is 1. The van der Waals surface area contributed by atoms with Crippen molar-refractivity contribution in [2.24, 2.45) is 29.0 Å². The number of H-pyrrole nitrogens is 2. The van der Waals surface area contributed by atoms with Crippen LogP contribution in [0.3, 0.4) is 0 Å². The molecule has 0 saturated carbocycles. The number of phenols is 1. The fourth-order valence-corrected chi connectivity index (χ4v) is 12.0. The summed E-state index contributed by atoms with van der Waals surface area (Å²) in [6.07, 6.45) is 4.10. The molecule has 4 aromatic carbocycles. The molecule has 0 bridgehead atoms. The lowest BCUT2D eigenvalue weighted by molar-refractivity contribution is -0.136. The maximum Gasteiger partial charge on any atom is 0.244 e. The van der Waals surface area contributed by atoms with Crippen molar-refractivity contribution in [1.29, 1.82) is 0 Å². The van der Waals surface area contributed by atoms with Gasteiger partial charge in [0, 0.05) is 71.4 Å². The predicted molar refractivity (Wildman–Crippen MR) is 310 cm³/mol. The lowest BCUT2D eigenvalue weighted by Crippen LogP contribution is -2.61. The molecular weight excluding hydrogens is 1060 g/mol. The smallest absolute Gasteiger partial charge is 0.244 e. The van der Waals surface area contributed by atoms with Gasteiger partial charge in [0.05, 0.1) is 12.0 Å². The maximum atomic E-state index is 14.9. The number of aromatic nitrogens is 2. The van der Waals surface area contributed by atoms with Crippen molar-refractivity contribution in [3.63, 3.8) is 0 Å². The molecule has 7 rings (SSSR count). The zero-order valence-corrected chi connectivity index (χ0v) is 46.3. The predicted octanol–water partition coefficient (Wildman–Crippen LogP) is 3.10. The van der Waals surface area contributed by atoms with Crippen molar-refractivity contribution in [3.8, 4) is 5.75 Å². The minimum atomic E-state index is -1.36. The van der Waals surface area contributed by atoms with Crippen molar-refractivity contribution in [2.45, 2.75) is 108 Å². The lowest BCUT2D eigenvalue weighted by atomic mass is 9.95. The SMILES string of the molecule is CC(C)C1NC(=O)[C@H](CCCCN)NC(=O)[C@@H](Cc2c[nH]c3ccccc23)NC(=O)[C@H](Cc2ccc(O)cc2)NC(=O)[C@@H](CC(=O)[C@H](N)Cc2ccccc2)CSSC[C@@H](C(=O)N[C@@H](Cc2c[nH]c3ccccc23)C(N)=O)NC1=O. The number of nitrogens with one attached hydrogen (secondary N) is 8. The molecule has 15 N–H and O–H groups in total. The Balaban J connectivity index is 1.25. The summed E-state index contributed by atoms with van der Waals surface area (Å²) < 4.78 is 0. The molecule has 1 unspecified atom stereocenters. The number of benzene rings is 4. The summed E-state index contributed by atoms with van der Waals surface area (Å²) in [5, 5.41) is 28.7. The van der Waals surface area contributed by atoms with Gasteiger partial charge in [0.1, 0.15) is 42.0 Å². The molecule has 7 amide bonds. The first kappa shape index (κ1) is 60.0. The first-order valence-corrected chi connectivity index (χ1v) is 29.2. The van der Waals surface area contributed by atoms with Crippen LogP contribution in [0.5, 0.6) is 5.75 Å². The van der Waals surface area contributed by atoms with Crippen LogP contribution in [0.1, 0.15) is 61.8 Å². The summed E-state index contributed by atoms with van der Waals surface area (Å²) in [5.41, 5.74) is 22.6. The van der Waals surface area contributed by atoms with Gasteiger partial charge < -0.3 is 64.2 Å². The molecule has 2 aromatic heterocycles. The second-order valence-electron chi connectivity index (χ2n) is 20.5. The molecule has 80 heavy (non-hydrogen) atoms. The van der Waals surface area contributed by atoms with Crippen LogP contribution in [0.2, 0.25) is 0 Å². The van der Waals surface area contributed by atoms with Gasteiger partial charge in [-0.2, -0.15) is 0 Å². The number of primary amides is 1. The van der Waals surface area contributed by atoms with Gasteiger partial charge in [-0.15, -0.1) is 0 Å². The van der Waals surface area contributed by atoms with Crippen LogP contribution in [0.15, 0.2) is 116 Å². The van der Waals surface area contributed by atoms with E-state index in [-0.39, 0.29) is 55.8 Å². The van der Waals surface area contributed by atoms with E-state index in [1.54, 1.807) is 38.4 Å². The summed E-state index contributed by atoms with van der Waals surface area (Å²) >= 11 is 0. The monoisotopic (exact) mass is 1130 g/mol. The third kappa shape index (κ3) is 16.7. The summed E-state index contributed by atoms with van der Waals surface area (Å²) in [6.45, 7) is 3.70. The van der Waals surface area contributed by atoms with Gasteiger partial charge in [-0.25, -0.2) is 0 Å². The van der Waals surface area contributed by atoms with Gasteiger partial charge in [-0.3, -0.25) is 38.4 Å². The number of para-hydroxylation sites is 2. The molecule has 8 atom stereocenters. The van der Waals surface area contributed by atoms with Gasteiger partial charge in [0.15, 0.2) is 5.78 Å². The minimum Gasteiger partial charge on any atom is -0.508 e. The Hall–Kier alpha value is -7.66. The number of hydrogen-bond donors (Lipinski definition) is 12. The Morgan fingerprint density at radius 3 is 1.86 bits per heavy atom. The average Bonchev–Trinajstić information content (AvgIpc) is 4.06. The zero-order chi connectivity index (χ0) is 57.3. The maximum absolute atomic E-state index is 14.9. The zero-order valence-electron chi connectivity index (χ0n) is 44.7. The van der Waals surface area contributed by atoms with Crippen LogP contribution in [-0.2, 0) is 64.0 Å². The Bertz CT molecular complexity index is 3120. The third-order valence-corrected chi connectivity index (χ3v) is 16.6. The van der Waals surface area contributed by atoms with E-state index < -0.39 is 101 Å². The molecule has 20 nitrogen and oxygen atoms in total. The molecule has 1 aliphatic heterocycles. The summed E-state index contributed by atoms with van der Waals surface area (Å²) in [4.78, 5) is 122. The Morgan fingerprint density at radius 2 is 1.21 bits per heavy atom. The van der Waals surface area contributed by atoms with Crippen LogP contribution < -0.4 is 49.1 Å². The number of aromatic amines is 2. The number of carbonyl (C=O) groups excluding carboxylic acids is 8. The molecule has 1 saturated heterocycles. The van der Waals surface area contributed by atoms with E-state index in [1.165, 1.54) is 12.1 Å². The Kier molecular flexibility index (Phi) is 21.7. The number of unbranched alkanes of at least 4 members (excludes halogenated alkanes) is 1. The van der Waals surface area contributed by atoms with Gasteiger partial charge in [0.25, 0.3) is 0 Å². The second-order valence-corrected chi connectivity index (χ2v) is 23.0. The lowest BCUT2D eigenvalue weighted by Gasteiger charge is -2.29. The van der Waals surface area contributed by atoms with E-state index in [0.717, 1.165) is 49.0 Å². The van der Waals surface area contributed by atoms with Crippen LogP contribution >= 0.6 is 21.6 Å². The fraction of sp³-hybridized carbons (Fsp3) is 0.379. The molecule has 6 aromatic rings. The van der Waals surface area contributed by atoms with Crippen LogP contribution in [-0.4, -0.2) is 123 Å². The molecule has 3 heterocycles. The molecular formula is C58H71N11O9S2. The topological polar surface area (TPSA) is 339 Å². The number of aromatic hydroxyl groups is 1. The summed E-state index contributed by atoms with van der Waals surface area (Å²) in [5.74, 6) is -7.58. The van der Waals surface area contributed by atoms with Crippen LogP contribution in [0, 0.1) is 11.8 Å². The second kappa shape index (κ2) is 29.0. The molecule has 0 spiro atoms. The minimum absolute atomic E-state index is 0.0151. The number of hydrogen-bond acceptors (Lipinski definition) is 13. The molecule has 0 aliphatic carbocycles. The van der Waals surface area contributed by atoms with E-state index >= 15 is 0 Å². The summed E-state index contributed by atoms with van der Waals surface area (Å²) in [7, 11) is 2.23. The van der Waals surface area contributed by atoms with E-state index in [1.807, 2.05) is 78.9 Å². The number of rotatable bonds is 19. The average molecular weight is 1130 g/mol. The van der Waals surface area contributed by atoms with Crippen molar-refractivity contribution in [2.75, 3.05) is 18.1 Å². The van der Waals surface area contributed by atoms with Gasteiger partial charge in [0.2, 0.25) is 41.4 Å². The molecule has 1 fully saturated rings. The van der Waals surface area contributed by atoms with Gasteiger partial charge in [-0.05, 0) is 84.7 Å². The number of amides is 7. The van der Waals surface area contributed by atoms with Crippen molar-refractivity contribution in [1.82, 2.24) is 41.9 Å². The van der Waals surface area contributed by atoms with Crippen molar-refractivity contribution in [3.05, 3.63) is 138 Å². The van der Waals surface area contributed by atoms with E-state index in [2.05, 4.69) is 41.9 Å². The first-order chi connectivity index (χ1) is 38.5. The highest BCUT2D eigenvalue weighted by Crippen LogP contribution is 2.28.